The molecule has 1 aromatic carbocycles. The van der Waals surface area contributed by atoms with Crippen LogP contribution in [0, 0.1) is 11.7 Å². The van der Waals surface area contributed by atoms with E-state index in [4.69, 9.17) is 0 Å². The quantitative estimate of drug-likeness (QED) is 0.749. The van der Waals surface area contributed by atoms with Gasteiger partial charge in [-0.25, -0.2) is 9.18 Å². The first-order valence-electron chi connectivity index (χ1n) is 8.23. The number of aliphatic hydroxyl groups is 1. The van der Waals surface area contributed by atoms with Crippen molar-refractivity contribution in [3.8, 4) is 0 Å². The smallest absolute Gasteiger partial charge is 0.314 e. The van der Waals surface area contributed by atoms with E-state index in [1.807, 2.05) is 0 Å². The van der Waals surface area contributed by atoms with Crippen molar-refractivity contribution in [2.75, 3.05) is 32.7 Å². The van der Waals surface area contributed by atoms with Crippen molar-refractivity contribution >= 4 is 6.03 Å². The lowest BCUT2D eigenvalue weighted by atomic mass is 9.99. The summed E-state index contributed by atoms with van der Waals surface area (Å²) < 4.78 is 13.5. The molecule has 2 amide bonds. The van der Waals surface area contributed by atoms with Crippen LogP contribution >= 0.6 is 0 Å². The van der Waals surface area contributed by atoms with Crippen molar-refractivity contribution in [3.05, 3.63) is 35.6 Å². The summed E-state index contributed by atoms with van der Waals surface area (Å²) in [6.07, 6.45) is 1.37. The van der Waals surface area contributed by atoms with Gasteiger partial charge in [-0.2, -0.15) is 0 Å². The third-order valence-corrected chi connectivity index (χ3v) is 4.31. The van der Waals surface area contributed by atoms with Gasteiger partial charge in [0.2, 0.25) is 0 Å². The fourth-order valence-corrected chi connectivity index (χ4v) is 2.72. The Kier molecular flexibility index (Phi) is 6.80. The van der Waals surface area contributed by atoms with Crippen LogP contribution in [0.25, 0.3) is 0 Å². The summed E-state index contributed by atoms with van der Waals surface area (Å²) in [5.41, 5.74) is 0.190. The Hall–Kier alpha value is -1.66. The predicted octanol–water partition coefficient (Wildman–Crippen LogP) is 1.89. The van der Waals surface area contributed by atoms with E-state index in [-0.39, 0.29) is 18.1 Å². The average molecular weight is 323 g/mol. The van der Waals surface area contributed by atoms with Crippen LogP contribution in [0.4, 0.5) is 9.18 Å². The maximum atomic E-state index is 13.5. The largest absolute Gasteiger partial charge is 0.386 e. The first-order chi connectivity index (χ1) is 11.1. The van der Waals surface area contributed by atoms with E-state index in [1.54, 1.807) is 12.1 Å². The van der Waals surface area contributed by atoms with Gasteiger partial charge in [-0.05, 0) is 37.9 Å². The summed E-state index contributed by atoms with van der Waals surface area (Å²) in [6, 6.07) is 5.68. The minimum absolute atomic E-state index is 0.0198. The molecule has 2 rings (SSSR count). The molecule has 0 spiro atoms. The standard InChI is InChI=1S/C17H26FN3O2/c1-13-6-9-21(10-7-13)11-8-19-17(23)20-12-16(22)14-4-2-3-5-15(14)18/h2-5,13,16,22H,6-12H2,1H3,(H2,19,20,23). The number of amides is 2. The van der Waals surface area contributed by atoms with Crippen LogP contribution in [0.1, 0.15) is 31.4 Å². The third-order valence-electron chi connectivity index (χ3n) is 4.31. The lowest BCUT2D eigenvalue weighted by Gasteiger charge is -2.30. The maximum absolute atomic E-state index is 13.5. The molecule has 1 atom stereocenters. The van der Waals surface area contributed by atoms with Gasteiger partial charge >= 0.3 is 6.03 Å². The molecular weight excluding hydrogens is 297 g/mol. The van der Waals surface area contributed by atoms with Crippen LogP contribution in [-0.4, -0.2) is 48.8 Å². The zero-order valence-corrected chi connectivity index (χ0v) is 13.6. The van der Waals surface area contributed by atoms with Gasteiger partial charge in [0.25, 0.3) is 0 Å². The van der Waals surface area contributed by atoms with Crippen LogP contribution in [0.15, 0.2) is 24.3 Å². The summed E-state index contributed by atoms with van der Waals surface area (Å²) >= 11 is 0. The second-order valence-corrected chi connectivity index (χ2v) is 6.20. The fourth-order valence-electron chi connectivity index (χ4n) is 2.72. The number of aliphatic hydroxyl groups excluding tert-OH is 1. The molecule has 1 aliphatic rings. The number of nitrogens with one attached hydrogen (secondary N) is 2. The number of piperidine rings is 1. The van der Waals surface area contributed by atoms with Gasteiger partial charge in [0, 0.05) is 25.2 Å². The molecule has 0 bridgehead atoms. The van der Waals surface area contributed by atoms with Gasteiger partial charge in [-0.1, -0.05) is 25.1 Å². The SMILES string of the molecule is CC1CCN(CCNC(=O)NCC(O)c2ccccc2F)CC1. The van der Waals surface area contributed by atoms with E-state index in [1.165, 1.54) is 25.0 Å². The molecule has 1 aromatic rings. The van der Waals surface area contributed by atoms with Crippen LogP contribution in [-0.2, 0) is 0 Å². The topological polar surface area (TPSA) is 64.6 Å². The second kappa shape index (κ2) is 8.84. The number of carbonyl (C=O) groups excluding carboxylic acids is 1. The normalized spacial score (nSPS) is 17.7. The summed E-state index contributed by atoms with van der Waals surface area (Å²) in [5, 5.41) is 15.2. The van der Waals surface area contributed by atoms with E-state index >= 15 is 0 Å². The average Bonchev–Trinajstić information content (AvgIpc) is 2.55. The highest BCUT2D eigenvalue weighted by Gasteiger charge is 2.16. The van der Waals surface area contributed by atoms with E-state index in [0.29, 0.717) is 6.54 Å². The van der Waals surface area contributed by atoms with E-state index < -0.39 is 11.9 Å². The Labute approximate surface area is 136 Å². The van der Waals surface area contributed by atoms with Gasteiger partial charge in [0.1, 0.15) is 5.82 Å². The number of likely N-dealkylation sites (tertiary alicyclic amines) is 1. The van der Waals surface area contributed by atoms with Crippen LogP contribution in [0.3, 0.4) is 0 Å². The molecule has 0 radical (unpaired) electrons. The summed E-state index contributed by atoms with van der Waals surface area (Å²) in [5.74, 6) is 0.323. The number of nitrogens with zero attached hydrogens (tertiary/aromatic N) is 1. The van der Waals surface area contributed by atoms with Crippen molar-refractivity contribution in [2.45, 2.75) is 25.9 Å². The molecule has 3 N–H and O–H groups in total. The highest BCUT2D eigenvalue weighted by Crippen LogP contribution is 2.16. The van der Waals surface area contributed by atoms with Crippen LogP contribution < -0.4 is 10.6 Å². The Morgan fingerprint density at radius 1 is 1.35 bits per heavy atom. The van der Waals surface area contributed by atoms with Gasteiger partial charge < -0.3 is 20.6 Å². The molecule has 6 heteroatoms. The molecule has 5 nitrogen and oxygen atoms in total. The number of hydrogen-bond donors (Lipinski definition) is 3. The molecule has 1 heterocycles. The number of carbonyl (C=O) groups is 1. The van der Waals surface area contributed by atoms with Crippen molar-refractivity contribution in [3.63, 3.8) is 0 Å². The second-order valence-electron chi connectivity index (χ2n) is 6.20. The minimum Gasteiger partial charge on any atom is -0.386 e. The predicted molar refractivity (Wildman–Crippen MR) is 87.6 cm³/mol. The molecule has 0 aliphatic carbocycles. The summed E-state index contributed by atoms with van der Waals surface area (Å²) in [6.45, 7) is 5.80. The van der Waals surface area contributed by atoms with Crippen LogP contribution in [0.5, 0.6) is 0 Å². The Morgan fingerprint density at radius 3 is 2.74 bits per heavy atom. The molecule has 0 aromatic heterocycles. The fraction of sp³-hybridized carbons (Fsp3) is 0.588. The molecule has 0 saturated carbocycles. The molecular formula is C17H26FN3O2. The molecule has 1 aliphatic heterocycles. The summed E-state index contributed by atoms with van der Waals surface area (Å²) in [4.78, 5) is 14.1. The van der Waals surface area contributed by atoms with Gasteiger partial charge in [-0.3, -0.25) is 0 Å². The number of urea groups is 1. The number of hydrogen-bond acceptors (Lipinski definition) is 3. The van der Waals surface area contributed by atoms with E-state index in [9.17, 15) is 14.3 Å². The zero-order chi connectivity index (χ0) is 16.7. The third kappa shape index (κ3) is 5.80. The highest BCUT2D eigenvalue weighted by atomic mass is 19.1. The number of halogens is 1. The Morgan fingerprint density at radius 2 is 2.04 bits per heavy atom. The van der Waals surface area contributed by atoms with E-state index in [0.717, 1.165) is 25.6 Å². The Bertz CT molecular complexity index is 504. The van der Waals surface area contributed by atoms with Crippen molar-refractivity contribution in [1.29, 1.82) is 0 Å². The molecule has 128 valence electrons. The first kappa shape index (κ1) is 17.7. The van der Waals surface area contributed by atoms with Crippen LogP contribution in [0.2, 0.25) is 0 Å². The molecule has 1 saturated heterocycles. The van der Waals surface area contributed by atoms with Gasteiger partial charge in [0.15, 0.2) is 0 Å². The van der Waals surface area contributed by atoms with Crippen molar-refractivity contribution < 1.29 is 14.3 Å². The first-order valence-corrected chi connectivity index (χ1v) is 8.23. The van der Waals surface area contributed by atoms with Gasteiger partial charge in [0.05, 0.1) is 6.10 Å². The lowest BCUT2D eigenvalue weighted by Crippen LogP contribution is -2.43. The monoisotopic (exact) mass is 323 g/mol. The number of rotatable bonds is 6. The lowest BCUT2D eigenvalue weighted by molar-refractivity contribution is 0.167. The zero-order valence-electron chi connectivity index (χ0n) is 13.6. The number of benzene rings is 1. The summed E-state index contributed by atoms with van der Waals surface area (Å²) in [7, 11) is 0. The Balaban J connectivity index is 1.62. The van der Waals surface area contributed by atoms with E-state index in [2.05, 4.69) is 22.5 Å². The minimum atomic E-state index is -1.05. The maximum Gasteiger partial charge on any atom is 0.314 e. The molecule has 1 fully saturated rings. The van der Waals surface area contributed by atoms with Crippen molar-refractivity contribution in [2.24, 2.45) is 5.92 Å². The molecule has 1 unspecified atom stereocenters. The van der Waals surface area contributed by atoms with Crippen molar-refractivity contribution in [1.82, 2.24) is 15.5 Å². The highest BCUT2D eigenvalue weighted by molar-refractivity contribution is 5.73. The molecule has 23 heavy (non-hydrogen) atoms. The van der Waals surface area contributed by atoms with Gasteiger partial charge in [-0.15, -0.1) is 0 Å².